The Balaban J connectivity index is 1.83. The second kappa shape index (κ2) is 8.57. The van der Waals surface area contributed by atoms with Crippen LogP contribution < -0.4 is 10.7 Å². The molecule has 24 heavy (non-hydrogen) atoms. The zero-order valence-corrected chi connectivity index (χ0v) is 13.3. The van der Waals surface area contributed by atoms with Crippen molar-refractivity contribution in [1.82, 2.24) is 5.43 Å². The Morgan fingerprint density at radius 2 is 1.79 bits per heavy atom. The van der Waals surface area contributed by atoms with Gasteiger partial charge in [0.1, 0.15) is 12.2 Å². The van der Waals surface area contributed by atoms with E-state index in [-0.39, 0.29) is 12.2 Å². The van der Waals surface area contributed by atoms with Crippen LogP contribution in [0.15, 0.2) is 53.6 Å². The van der Waals surface area contributed by atoms with E-state index in [4.69, 9.17) is 0 Å². The molecule has 0 atom stereocenters. The fourth-order valence-corrected chi connectivity index (χ4v) is 2.06. The van der Waals surface area contributed by atoms with Crippen LogP contribution in [0.2, 0.25) is 0 Å². The van der Waals surface area contributed by atoms with Gasteiger partial charge in [0.25, 0.3) is 0 Å². The van der Waals surface area contributed by atoms with Crippen LogP contribution in [0.25, 0.3) is 0 Å². The molecule has 124 valence electrons. The van der Waals surface area contributed by atoms with Crippen LogP contribution in [0.3, 0.4) is 0 Å². The fraction of sp³-hybridized carbons (Fsp3) is 0.167. The van der Waals surface area contributed by atoms with Crippen molar-refractivity contribution < 1.29 is 14.0 Å². The SMILES string of the molecule is CCc1ccccc1NC(=O)CC(=O)NN=Cc1ccc(F)cc1. The Kier molecular flexibility index (Phi) is 6.19. The molecule has 5 nitrogen and oxygen atoms in total. The van der Waals surface area contributed by atoms with E-state index in [2.05, 4.69) is 15.8 Å². The van der Waals surface area contributed by atoms with Crippen LogP contribution in [0.5, 0.6) is 0 Å². The van der Waals surface area contributed by atoms with Gasteiger partial charge >= 0.3 is 0 Å². The Bertz CT molecular complexity index is 742. The molecule has 0 spiro atoms. The molecule has 0 heterocycles. The van der Waals surface area contributed by atoms with E-state index in [0.29, 0.717) is 11.3 Å². The van der Waals surface area contributed by atoms with E-state index in [1.165, 1.54) is 30.5 Å². The lowest BCUT2D eigenvalue weighted by atomic mass is 10.1. The minimum atomic E-state index is -0.528. The van der Waals surface area contributed by atoms with Gasteiger partial charge in [-0.2, -0.15) is 5.10 Å². The standard InChI is InChI=1S/C18H18FN3O2/c1-2-14-5-3-4-6-16(14)21-17(23)11-18(24)22-20-12-13-7-9-15(19)10-8-13/h3-10,12H,2,11H2,1H3,(H,21,23)(H,22,24). The van der Waals surface area contributed by atoms with Crippen molar-refractivity contribution in [3.05, 3.63) is 65.5 Å². The molecule has 0 aliphatic carbocycles. The van der Waals surface area contributed by atoms with E-state index < -0.39 is 11.8 Å². The first-order valence-electron chi connectivity index (χ1n) is 7.53. The average molecular weight is 327 g/mol. The summed E-state index contributed by atoms with van der Waals surface area (Å²) >= 11 is 0. The fourth-order valence-electron chi connectivity index (χ4n) is 2.06. The van der Waals surface area contributed by atoms with Gasteiger partial charge in [-0.25, -0.2) is 9.82 Å². The Labute approximate surface area is 139 Å². The number of carbonyl (C=O) groups is 2. The maximum absolute atomic E-state index is 12.8. The van der Waals surface area contributed by atoms with Crippen molar-refractivity contribution in [3.8, 4) is 0 Å². The molecule has 2 rings (SSSR count). The number of carbonyl (C=O) groups excluding carboxylic acids is 2. The monoisotopic (exact) mass is 327 g/mol. The summed E-state index contributed by atoms with van der Waals surface area (Å²) in [5, 5.41) is 6.45. The van der Waals surface area contributed by atoms with Crippen LogP contribution in [0, 0.1) is 5.82 Å². The minimum absolute atomic E-state index is 0.335. The Morgan fingerprint density at radius 1 is 1.08 bits per heavy atom. The maximum atomic E-state index is 12.8. The molecule has 2 N–H and O–H groups in total. The molecular weight excluding hydrogens is 309 g/mol. The molecule has 2 aromatic carbocycles. The maximum Gasteiger partial charge on any atom is 0.249 e. The number of hydrazone groups is 1. The van der Waals surface area contributed by atoms with Crippen LogP contribution in [-0.2, 0) is 16.0 Å². The van der Waals surface area contributed by atoms with Crippen molar-refractivity contribution in [3.63, 3.8) is 0 Å². The van der Waals surface area contributed by atoms with Gasteiger partial charge in [0, 0.05) is 5.69 Å². The summed E-state index contributed by atoms with van der Waals surface area (Å²) in [4.78, 5) is 23.6. The van der Waals surface area contributed by atoms with E-state index in [9.17, 15) is 14.0 Å². The first-order valence-corrected chi connectivity index (χ1v) is 7.53. The number of amides is 2. The molecule has 0 unspecified atom stereocenters. The number of aryl methyl sites for hydroxylation is 1. The second-order valence-electron chi connectivity index (χ2n) is 5.08. The number of para-hydroxylation sites is 1. The predicted molar refractivity (Wildman–Crippen MR) is 91.2 cm³/mol. The molecule has 6 heteroatoms. The molecule has 0 saturated heterocycles. The summed E-state index contributed by atoms with van der Waals surface area (Å²) in [7, 11) is 0. The van der Waals surface area contributed by atoms with Gasteiger partial charge in [-0.1, -0.05) is 37.3 Å². The van der Waals surface area contributed by atoms with Gasteiger partial charge in [-0.15, -0.1) is 0 Å². The number of halogens is 1. The smallest absolute Gasteiger partial charge is 0.249 e. The molecule has 0 aliphatic heterocycles. The van der Waals surface area contributed by atoms with E-state index in [1.54, 1.807) is 6.07 Å². The first-order chi connectivity index (χ1) is 11.6. The number of anilines is 1. The minimum Gasteiger partial charge on any atom is -0.325 e. The van der Waals surface area contributed by atoms with E-state index in [0.717, 1.165) is 12.0 Å². The largest absolute Gasteiger partial charge is 0.325 e. The Morgan fingerprint density at radius 3 is 2.50 bits per heavy atom. The summed E-state index contributed by atoms with van der Waals surface area (Å²) in [6, 6.07) is 13.1. The third-order valence-electron chi connectivity index (χ3n) is 3.27. The predicted octanol–water partition coefficient (Wildman–Crippen LogP) is 2.87. The van der Waals surface area contributed by atoms with Crippen LogP contribution in [0.1, 0.15) is 24.5 Å². The normalized spacial score (nSPS) is 10.6. The second-order valence-corrected chi connectivity index (χ2v) is 5.08. The average Bonchev–Trinajstić information content (AvgIpc) is 2.57. The highest BCUT2D eigenvalue weighted by Gasteiger charge is 2.10. The number of nitrogens with one attached hydrogen (secondary N) is 2. The summed E-state index contributed by atoms with van der Waals surface area (Å²) in [5.74, 6) is -1.29. The zero-order valence-electron chi connectivity index (χ0n) is 13.3. The zero-order chi connectivity index (χ0) is 17.4. The summed E-state index contributed by atoms with van der Waals surface area (Å²) in [5.41, 5.74) is 4.61. The molecule has 2 amide bonds. The lowest BCUT2D eigenvalue weighted by molar-refractivity contribution is -0.126. The molecular formula is C18H18FN3O2. The molecule has 0 saturated carbocycles. The molecule has 0 aliphatic rings. The van der Waals surface area contributed by atoms with Crippen molar-refractivity contribution in [2.24, 2.45) is 5.10 Å². The first kappa shape index (κ1) is 17.3. The molecule has 0 bridgehead atoms. The van der Waals surface area contributed by atoms with Crippen molar-refractivity contribution in [2.75, 3.05) is 5.32 Å². The quantitative estimate of drug-likeness (QED) is 0.486. The highest BCUT2D eigenvalue weighted by molar-refractivity contribution is 6.04. The number of nitrogens with zero attached hydrogens (tertiary/aromatic N) is 1. The van der Waals surface area contributed by atoms with Gasteiger partial charge in [0.15, 0.2) is 0 Å². The summed E-state index contributed by atoms with van der Waals surface area (Å²) < 4.78 is 12.8. The van der Waals surface area contributed by atoms with Crippen LogP contribution >= 0.6 is 0 Å². The molecule has 2 aromatic rings. The van der Waals surface area contributed by atoms with Gasteiger partial charge in [0.05, 0.1) is 6.21 Å². The third-order valence-corrected chi connectivity index (χ3v) is 3.27. The lowest BCUT2D eigenvalue weighted by Gasteiger charge is -2.09. The molecule has 0 radical (unpaired) electrons. The van der Waals surface area contributed by atoms with E-state index in [1.807, 2.05) is 25.1 Å². The number of benzene rings is 2. The van der Waals surface area contributed by atoms with Gasteiger partial charge in [-0.3, -0.25) is 9.59 Å². The van der Waals surface area contributed by atoms with Gasteiger partial charge in [-0.05, 0) is 35.7 Å². The third kappa shape index (κ3) is 5.31. The Hall–Kier alpha value is -3.02. The number of hydrogen-bond donors (Lipinski definition) is 2. The summed E-state index contributed by atoms with van der Waals surface area (Å²) in [6.45, 7) is 1.99. The summed E-state index contributed by atoms with van der Waals surface area (Å²) in [6.07, 6.45) is 1.82. The highest BCUT2D eigenvalue weighted by Crippen LogP contribution is 2.15. The lowest BCUT2D eigenvalue weighted by Crippen LogP contribution is -2.25. The van der Waals surface area contributed by atoms with Crippen molar-refractivity contribution >= 4 is 23.7 Å². The van der Waals surface area contributed by atoms with Crippen molar-refractivity contribution in [1.29, 1.82) is 0 Å². The van der Waals surface area contributed by atoms with Crippen LogP contribution in [-0.4, -0.2) is 18.0 Å². The van der Waals surface area contributed by atoms with Crippen LogP contribution in [0.4, 0.5) is 10.1 Å². The highest BCUT2D eigenvalue weighted by atomic mass is 19.1. The van der Waals surface area contributed by atoms with Crippen molar-refractivity contribution in [2.45, 2.75) is 19.8 Å². The number of rotatable bonds is 6. The topological polar surface area (TPSA) is 70.6 Å². The van der Waals surface area contributed by atoms with E-state index >= 15 is 0 Å². The van der Waals surface area contributed by atoms with Gasteiger partial charge in [0.2, 0.25) is 11.8 Å². The molecule has 0 aromatic heterocycles. The number of hydrogen-bond acceptors (Lipinski definition) is 3. The van der Waals surface area contributed by atoms with Gasteiger partial charge < -0.3 is 5.32 Å². The molecule has 0 fully saturated rings.